The average Bonchev–Trinajstić information content (AvgIpc) is 2.99. The Labute approximate surface area is 114 Å². The molecule has 6 heteroatoms. The second kappa shape index (κ2) is 5.42. The van der Waals surface area contributed by atoms with Crippen LogP contribution in [0, 0.1) is 6.92 Å². The van der Waals surface area contributed by atoms with Gasteiger partial charge in [-0.05, 0) is 17.9 Å². The van der Waals surface area contributed by atoms with E-state index in [1.165, 1.54) is 11.3 Å². The molecule has 0 aromatic carbocycles. The van der Waals surface area contributed by atoms with Gasteiger partial charge in [0.05, 0.1) is 0 Å². The molecule has 3 rings (SSSR count). The maximum Gasteiger partial charge on any atom is 0.228 e. The van der Waals surface area contributed by atoms with Crippen molar-refractivity contribution in [3.8, 4) is 11.4 Å². The first-order valence-corrected chi connectivity index (χ1v) is 8.09. The summed E-state index contributed by atoms with van der Waals surface area (Å²) in [5.74, 6) is 3.76. The summed E-state index contributed by atoms with van der Waals surface area (Å²) in [6, 6.07) is 0.459. The Morgan fingerprint density at radius 3 is 3.17 bits per heavy atom. The quantitative estimate of drug-likeness (QED) is 0.936. The van der Waals surface area contributed by atoms with Crippen LogP contribution in [0.15, 0.2) is 15.3 Å². The highest BCUT2D eigenvalue weighted by atomic mass is 32.2. The Morgan fingerprint density at radius 1 is 1.50 bits per heavy atom. The van der Waals surface area contributed by atoms with E-state index in [0.29, 0.717) is 11.9 Å². The molecule has 0 bridgehead atoms. The number of nitrogens with zero attached hydrogens (tertiary/aromatic N) is 2. The highest BCUT2D eigenvalue weighted by molar-refractivity contribution is 7.99. The van der Waals surface area contributed by atoms with Gasteiger partial charge in [0.25, 0.3) is 0 Å². The van der Waals surface area contributed by atoms with Crippen molar-refractivity contribution in [1.29, 1.82) is 0 Å². The van der Waals surface area contributed by atoms with E-state index in [9.17, 15) is 0 Å². The Morgan fingerprint density at radius 2 is 2.44 bits per heavy atom. The van der Waals surface area contributed by atoms with Crippen LogP contribution in [-0.2, 0) is 6.42 Å². The third-order valence-electron chi connectivity index (χ3n) is 2.98. The zero-order chi connectivity index (χ0) is 12.4. The molecule has 96 valence electrons. The van der Waals surface area contributed by atoms with Gasteiger partial charge in [0, 0.05) is 41.5 Å². The minimum Gasteiger partial charge on any atom is -0.339 e. The van der Waals surface area contributed by atoms with Crippen LogP contribution in [0.3, 0.4) is 0 Å². The predicted octanol–water partition coefficient (Wildman–Crippen LogP) is 2.35. The summed E-state index contributed by atoms with van der Waals surface area (Å²) in [7, 11) is 0. The largest absolute Gasteiger partial charge is 0.339 e. The van der Waals surface area contributed by atoms with Crippen LogP contribution in [0.5, 0.6) is 0 Å². The van der Waals surface area contributed by atoms with E-state index in [1.54, 1.807) is 11.3 Å². The molecule has 1 saturated heterocycles. The maximum absolute atomic E-state index is 5.34. The number of aromatic nitrogens is 2. The molecule has 0 radical (unpaired) electrons. The molecule has 4 nitrogen and oxygen atoms in total. The van der Waals surface area contributed by atoms with Gasteiger partial charge in [-0.25, -0.2) is 0 Å². The van der Waals surface area contributed by atoms with E-state index in [0.717, 1.165) is 30.2 Å². The first-order valence-electron chi connectivity index (χ1n) is 6.00. The minimum absolute atomic E-state index is 0.459. The topological polar surface area (TPSA) is 51.0 Å². The van der Waals surface area contributed by atoms with Crippen molar-refractivity contribution >= 4 is 23.1 Å². The molecule has 1 N–H and O–H groups in total. The standard InChI is InChI=1S/C12H15N3OS2/c1-8-5-18-7-10(8)12-14-11(16-15-12)4-9-6-17-3-2-13-9/h5,7,9,13H,2-4,6H2,1H3. The van der Waals surface area contributed by atoms with Gasteiger partial charge in [-0.2, -0.15) is 28.1 Å². The van der Waals surface area contributed by atoms with Crippen LogP contribution >= 0.6 is 23.1 Å². The zero-order valence-corrected chi connectivity index (χ0v) is 11.8. The maximum atomic E-state index is 5.34. The molecular weight excluding hydrogens is 266 g/mol. The molecular formula is C12H15N3OS2. The number of hydrogen-bond donors (Lipinski definition) is 1. The number of hydrogen-bond acceptors (Lipinski definition) is 6. The number of aryl methyl sites for hydroxylation is 1. The molecule has 1 aliphatic rings. The van der Waals surface area contributed by atoms with E-state index in [4.69, 9.17) is 4.52 Å². The third-order valence-corrected chi connectivity index (χ3v) is 4.98. The summed E-state index contributed by atoms with van der Waals surface area (Å²) in [6.07, 6.45) is 0.823. The second-order valence-electron chi connectivity index (χ2n) is 4.41. The first kappa shape index (κ1) is 12.2. The first-order chi connectivity index (χ1) is 8.83. The summed E-state index contributed by atoms with van der Waals surface area (Å²) < 4.78 is 5.34. The van der Waals surface area contributed by atoms with Crippen LogP contribution in [0.1, 0.15) is 11.5 Å². The predicted molar refractivity (Wildman–Crippen MR) is 75.2 cm³/mol. The molecule has 3 heterocycles. The van der Waals surface area contributed by atoms with Gasteiger partial charge in [0.15, 0.2) is 0 Å². The minimum atomic E-state index is 0.459. The fourth-order valence-electron chi connectivity index (χ4n) is 2.00. The van der Waals surface area contributed by atoms with Gasteiger partial charge in [0.1, 0.15) is 0 Å². The van der Waals surface area contributed by atoms with Crippen molar-refractivity contribution < 1.29 is 4.52 Å². The van der Waals surface area contributed by atoms with Crippen molar-refractivity contribution in [2.75, 3.05) is 18.1 Å². The number of nitrogens with one attached hydrogen (secondary N) is 1. The lowest BCUT2D eigenvalue weighted by molar-refractivity contribution is 0.363. The Bertz CT molecular complexity index is 517. The van der Waals surface area contributed by atoms with Gasteiger partial charge >= 0.3 is 0 Å². The number of thiophene rings is 1. The number of thioether (sulfide) groups is 1. The molecule has 1 fully saturated rings. The van der Waals surface area contributed by atoms with Gasteiger partial charge < -0.3 is 9.84 Å². The molecule has 2 aromatic rings. The molecule has 0 aliphatic carbocycles. The Hall–Kier alpha value is -0.850. The van der Waals surface area contributed by atoms with Gasteiger partial charge in [-0.1, -0.05) is 5.16 Å². The highest BCUT2D eigenvalue weighted by Gasteiger charge is 2.18. The van der Waals surface area contributed by atoms with Crippen molar-refractivity contribution in [2.45, 2.75) is 19.4 Å². The van der Waals surface area contributed by atoms with Crippen molar-refractivity contribution in [3.63, 3.8) is 0 Å². The van der Waals surface area contributed by atoms with Crippen molar-refractivity contribution in [1.82, 2.24) is 15.5 Å². The third kappa shape index (κ3) is 2.60. The van der Waals surface area contributed by atoms with Gasteiger partial charge in [0.2, 0.25) is 11.7 Å². The molecule has 0 saturated carbocycles. The van der Waals surface area contributed by atoms with E-state index in [1.807, 2.05) is 11.8 Å². The molecule has 18 heavy (non-hydrogen) atoms. The lowest BCUT2D eigenvalue weighted by atomic mass is 10.2. The van der Waals surface area contributed by atoms with Crippen LogP contribution in [-0.4, -0.2) is 34.2 Å². The average molecular weight is 281 g/mol. The van der Waals surface area contributed by atoms with Crippen LogP contribution in [0.25, 0.3) is 11.4 Å². The smallest absolute Gasteiger partial charge is 0.228 e. The summed E-state index contributed by atoms with van der Waals surface area (Å²) in [5, 5.41) is 11.7. The summed E-state index contributed by atoms with van der Waals surface area (Å²) in [6.45, 7) is 3.14. The summed E-state index contributed by atoms with van der Waals surface area (Å²) >= 11 is 3.65. The lowest BCUT2D eigenvalue weighted by Crippen LogP contribution is -2.38. The Balaban J connectivity index is 1.71. The molecule has 0 spiro atoms. The van der Waals surface area contributed by atoms with Gasteiger partial charge in [-0.15, -0.1) is 0 Å². The van der Waals surface area contributed by atoms with Crippen molar-refractivity contribution in [3.05, 3.63) is 22.2 Å². The van der Waals surface area contributed by atoms with Crippen molar-refractivity contribution in [2.24, 2.45) is 0 Å². The molecule has 2 aromatic heterocycles. The van der Waals surface area contributed by atoms with Crippen LogP contribution < -0.4 is 5.32 Å². The normalized spacial score (nSPS) is 20.2. The molecule has 0 amide bonds. The highest BCUT2D eigenvalue weighted by Crippen LogP contribution is 2.24. The van der Waals surface area contributed by atoms with Gasteiger partial charge in [-0.3, -0.25) is 0 Å². The number of rotatable bonds is 3. The SMILES string of the molecule is Cc1cscc1-c1noc(CC2CSCCN2)n1. The second-order valence-corrected chi connectivity index (χ2v) is 6.30. The summed E-state index contributed by atoms with van der Waals surface area (Å²) in [4.78, 5) is 4.49. The molecule has 1 unspecified atom stereocenters. The van der Waals surface area contributed by atoms with E-state index in [2.05, 4.69) is 33.1 Å². The fraction of sp³-hybridized carbons (Fsp3) is 0.500. The lowest BCUT2D eigenvalue weighted by Gasteiger charge is -2.21. The van der Waals surface area contributed by atoms with Crippen LogP contribution in [0.2, 0.25) is 0 Å². The molecule has 1 atom stereocenters. The summed E-state index contributed by atoms with van der Waals surface area (Å²) in [5.41, 5.74) is 2.29. The van der Waals surface area contributed by atoms with E-state index >= 15 is 0 Å². The van der Waals surface area contributed by atoms with Crippen LogP contribution in [0.4, 0.5) is 0 Å². The Kier molecular flexibility index (Phi) is 3.67. The zero-order valence-electron chi connectivity index (χ0n) is 10.2. The molecule has 1 aliphatic heterocycles. The fourth-order valence-corrected chi connectivity index (χ4v) is 3.77. The van der Waals surface area contributed by atoms with E-state index < -0.39 is 0 Å². The monoisotopic (exact) mass is 281 g/mol. The van der Waals surface area contributed by atoms with E-state index in [-0.39, 0.29) is 0 Å².